The van der Waals surface area contributed by atoms with E-state index in [9.17, 15) is 9.59 Å². The molecular weight excluding hydrogens is 330 g/mol. The van der Waals surface area contributed by atoms with E-state index in [0.29, 0.717) is 18.7 Å². The van der Waals surface area contributed by atoms with Gasteiger partial charge in [0.15, 0.2) is 0 Å². The zero-order valence-electron chi connectivity index (χ0n) is 14.2. The molecule has 0 aliphatic carbocycles. The van der Waals surface area contributed by atoms with Gasteiger partial charge >= 0.3 is 0 Å². The number of H-pyrrole nitrogens is 2. The Hall–Kier alpha value is -3.22. The van der Waals surface area contributed by atoms with E-state index in [4.69, 9.17) is 0 Å². The van der Waals surface area contributed by atoms with Gasteiger partial charge in [0.1, 0.15) is 0 Å². The van der Waals surface area contributed by atoms with Crippen LogP contribution in [0, 0.1) is 0 Å². The van der Waals surface area contributed by atoms with Crippen LogP contribution in [0.1, 0.15) is 34.8 Å². The second-order valence-electron chi connectivity index (χ2n) is 6.49. The molecule has 0 radical (unpaired) electrons. The maximum Gasteiger partial charge on any atom is 0.253 e. The van der Waals surface area contributed by atoms with Gasteiger partial charge < -0.3 is 9.88 Å². The summed E-state index contributed by atoms with van der Waals surface area (Å²) in [5, 5.41) is 6.75. The molecule has 132 valence electrons. The van der Waals surface area contributed by atoms with Crippen molar-refractivity contribution in [3.05, 3.63) is 70.7 Å². The first kappa shape index (κ1) is 16.3. The molecule has 0 saturated carbocycles. The van der Waals surface area contributed by atoms with E-state index in [-0.39, 0.29) is 17.4 Å². The minimum Gasteiger partial charge on any atom is -0.338 e. The number of rotatable bonds is 3. The number of nitrogens with one attached hydrogen (secondary N) is 2. The lowest BCUT2D eigenvalue weighted by Gasteiger charge is -2.32. The molecule has 1 aliphatic rings. The minimum absolute atomic E-state index is 0.00452. The van der Waals surface area contributed by atoms with Crippen molar-refractivity contribution >= 4 is 5.91 Å². The fourth-order valence-corrected chi connectivity index (χ4v) is 3.43. The highest BCUT2D eigenvalue weighted by molar-refractivity contribution is 5.95. The fourth-order valence-electron chi connectivity index (χ4n) is 3.43. The van der Waals surface area contributed by atoms with Crippen LogP contribution in [-0.2, 0) is 0 Å². The van der Waals surface area contributed by atoms with Crippen LogP contribution in [0.4, 0.5) is 0 Å². The number of hydrogen-bond donors (Lipinski definition) is 2. The Morgan fingerprint density at radius 1 is 1.23 bits per heavy atom. The van der Waals surface area contributed by atoms with Crippen molar-refractivity contribution in [1.29, 1.82) is 0 Å². The van der Waals surface area contributed by atoms with Gasteiger partial charge in [-0.1, -0.05) is 12.1 Å². The SMILES string of the molecule is O=C(c1cccc(-c2cn[nH]c2)c1)N1CCC[C@@H](c2cc(=O)[nH]cn2)C1. The van der Waals surface area contributed by atoms with E-state index in [0.717, 1.165) is 29.7 Å². The largest absolute Gasteiger partial charge is 0.338 e. The number of aromatic nitrogens is 4. The van der Waals surface area contributed by atoms with Crippen LogP contribution >= 0.6 is 0 Å². The van der Waals surface area contributed by atoms with Crippen LogP contribution in [0.15, 0.2) is 53.8 Å². The highest BCUT2D eigenvalue weighted by Crippen LogP contribution is 2.26. The fraction of sp³-hybridized carbons (Fsp3) is 0.263. The van der Waals surface area contributed by atoms with Crippen molar-refractivity contribution in [3.8, 4) is 11.1 Å². The van der Waals surface area contributed by atoms with Crippen molar-refractivity contribution in [2.45, 2.75) is 18.8 Å². The molecule has 7 nitrogen and oxygen atoms in total. The van der Waals surface area contributed by atoms with Gasteiger partial charge in [-0.15, -0.1) is 0 Å². The van der Waals surface area contributed by atoms with Crippen molar-refractivity contribution in [2.75, 3.05) is 13.1 Å². The molecule has 1 atom stereocenters. The molecule has 0 spiro atoms. The van der Waals surface area contributed by atoms with E-state index in [1.165, 1.54) is 12.4 Å². The predicted octanol–water partition coefficient (Wildman–Crippen LogP) is 2.18. The third-order valence-electron chi connectivity index (χ3n) is 4.77. The number of carbonyl (C=O) groups excluding carboxylic acids is 1. The van der Waals surface area contributed by atoms with Gasteiger partial charge in [0.05, 0.1) is 18.2 Å². The molecule has 3 heterocycles. The van der Waals surface area contributed by atoms with Gasteiger partial charge in [-0.2, -0.15) is 5.10 Å². The third kappa shape index (κ3) is 3.28. The minimum atomic E-state index is -0.161. The Kier molecular flexibility index (Phi) is 4.35. The summed E-state index contributed by atoms with van der Waals surface area (Å²) in [6.45, 7) is 1.29. The summed E-state index contributed by atoms with van der Waals surface area (Å²) >= 11 is 0. The lowest BCUT2D eigenvalue weighted by atomic mass is 9.94. The number of benzene rings is 1. The highest BCUT2D eigenvalue weighted by atomic mass is 16.2. The third-order valence-corrected chi connectivity index (χ3v) is 4.77. The van der Waals surface area contributed by atoms with Crippen LogP contribution in [0.2, 0.25) is 0 Å². The standard InChI is InChI=1S/C19H19N5O2/c25-18-8-17(20-12-21-18)15-5-2-6-24(11-15)19(26)14-4-1-3-13(7-14)16-9-22-23-10-16/h1,3-4,7-10,12,15H,2,5-6,11H2,(H,22,23)(H,20,21,25)/t15-/m1/s1. The van der Waals surface area contributed by atoms with Crippen LogP contribution in [0.3, 0.4) is 0 Å². The van der Waals surface area contributed by atoms with Crippen molar-refractivity contribution < 1.29 is 4.79 Å². The van der Waals surface area contributed by atoms with E-state index in [2.05, 4.69) is 20.2 Å². The summed E-state index contributed by atoms with van der Waals surface area (Å²) in [6.07, 6.45) is 6.78. The molecular formula is C19H19N5O2. The van der Waals surface area contributed by atoms with E-state index >= 15 is 0 Å². The summed E-state index contributed by atoms with van der Waals surface area (Å²) in [7, 11) is 0. The Morgan fingerprint density at radius 3 is 2.96 bits per heavy atom. The number of likely N-dealkylation sites (tertiary alicyclic amines) is 1. The molecule has 0 bridgehead atoms. The van der Waals surface area contributed by atoms with Gasteiger partial charge in [0.2, 0.25) is 0 Å². The molecule has 2 N–H and O–H groups in total. The number of hydrogen-bond acceptors (Lipinski definition) is 4. The summed E-state index contributed by atoms with van der Waals surface area (Å²) in [6, 6.07) is 9.09. The maximum atomic E-state index is 13.0. The topological polar surface area (TPSA) is 94.7 Å². The molecule has 4 rings (SSSR count). The smallest absolute Gasteiger partial charge is 0.253 e. The zero-order chi connectivity index (χ0) is 17.9. The van der Waals surface area contributed by atoms with E-state index in [1.807, 2.05) is 29.2 Å². The predicted molar refractivity (Wildman–Crippen MR) is 96.8 cm³/mol. The van der Waals surface area contributed by atoms with Gasteiger partial charge in [-0.25, -0.2) is 4.98 Å². The van der Waals surface area contributed by atoms with Crippen LogP contribution in [-0.4, -0.2) is 44.1 Å². The molecule has 1 aromatic carbocycles. The van der Waals surface area contributed by atoms with Crippen molar-refractivity contribution in [2.24, 2.45) is 0 Å². The number of nitrogens with zero attached hydrogens (tertiary/aromatic N) is 3. The number of aromatic amines is 2. The second kappa shape index (κ2) is 6.95. The molecule has 3 aromatic rings. The molecule has 2 aromatic heterocycles. The maximum absolute atomic E-state index is 13.0. The molecule has 26 heavy (non-hydrogen) atoms. The first-order valence-corrected chi connectivity index (χ1v) is 8.64. The second-order valence-corrected chi connectivity index (χ2v) is 6.49. The molecule has 1 amide bonds. The highest BCUT2D eigenvalue weighted by Gasteiger charge is 2.26. The quantitative estimate of drug-likeness (QED) is 0.758. The van der Waals surface area contributed by atoms with E-state index < -0.39 is 0 Å². The Balaban J connectivity index is 1.54. The lowest BCUT2D eigenvalue weighted by molar-refractivity contribution is 0.0706. The van der Waals surface area contributed by atoms with Crippen LogP contribution in [0.25, 0.3) is 11.1 Å². The van der Waals surface area contributed by atoms with Crippen LogP contribution in [0.5, 0.6) is 0 Å². The number of amides is 1. The summed E-state index contributed by atoms with van der Waals surface area (Å²) in [5.41, 5.74) is 3.14. The first-order valence-electron chi connectivity index (χ1n) is 8.64. The zero-order valence-corrected chi connectivity index (χ0v) is 14.2. The number of piperidine rings is 1. The number of carbonyl (C=O) groups is 1. The average Bonchev–Trinajstić information content (AvgIpc) is 3.22. The molecule has 1 saturated heterocycles. The van der Waals surface area contributed by atoms with E-state index in [1.54, 1.807) is 12.4 Å². The Bertz CT molecular complexity index is 964. The molecule has 7 heteroatoms. The molecule has 1 aliphatic heterocycles. The summed E-state index contributed by atoms with van der Waals surface area (Å²) < 4.78 is 0. The average molecular weight is 349 g/mol. The Morgan fingerprint density at radius 2 is 2.15 bits per heavy atom. The normalized spacial score (nSPS) is 17.2. The Labute approximate surface area is 150 Å². The molecule has 1 fully saturated rings. The van der Waals surface area contributed by atoms with Gasteiger partial charge in [-0.3, -0.25) is 14.7 Å². The molecule has 0 unspecified atom stereocenters. The van der Waals surface area contributed by atoms with Gasteiger partial charge in [0.25, 0.3) is 11.5 Å². The summed E-state index contributed by atoms with van der Waals surface area (Å²) in [5.74, 6) is 0.0944. The van der Waals surface area contributed by atoms with Crippen LogP contribution < -0.4 is 5.56 Å². The monoisotopic (exact) mass is 349 g/mol. The van der Waals surface area contributed by atoms with Crippen molar-refractivity contribution in [1.82, 2.24) is 25.1 Å². The van der Waals surface area contributed by atoms with Gasteiger partial charge in [-0.05, 0) is 30.5 Å². The first-order chi connectivity index (χ1) is 12.7. The lowest BCUT2D eigenvalue weighted by Crippen LogP contribution is -2.39. The van der Waals surface area contributed by atoms with Crippen molar-refractivity contribution in [3.63, 3.8) is 0 Å². The van der Waals surface area contributed by atoms with Gasteiger partial charge in [0, 0.05) is 42.4 Å². The summed E-state index contributed by atoms with van der Waals surface area (Å²) in [4.78, 5) is 33.2.